The van der Waals surface area contributed by atoms with Crippen LogP contribution in [0.1, 0.15) is 19.8 Å². The smallest absolute Gasteiger partial charge is 0.263 e. The molecule has 0 unspecified atom stereocenters. The van der Waals surface area contributed by atoms with E-state index in [2.05, 4.69) is 31.7 Å². The van der Waals surface area contributed by atoms with Crippen LogP contribution in [0.5, 0.6) is 5.75 Å². The second-order valence-corrected chi connectivity index (χ2v) is 7.06. The molecule has 0 amide bonds. The largest absolute Gasteiger partial charge is 0.494 e. The summed E-state index contributed by atoms with van der Waals surface area (Å²) in [6.07, 6.45) is 6.04. The lowest BCUT2D eigenvalue weighted by molar-refractivity contribution is 0.309. The third kappa shape index (κ3) is 4.33. The number of nitrogens with zero attached hydrogens (tertiary/aromatic N) is 5. The van der Waals surface area contributed by atoms with Crippen LogP contribution in [0.25, 0.3) is 5.82 Å². The highest BCUT2D eigenvalue weighted by atomic mass is 32.2. The Morgan fingerprint density at radius 3 is 2.65 bits per heavy atom. The standard InChI is InChI=1S/C16H18N6O3S/c1-2-3-8-25-13-4-6-14(7-5-13)26(23,24)21-15-9-16(19-11-18-15)22-12-17-10-20-22/h4-7,9-12H,2-3,8H2,1H3,(H,18,19,21). The minimum atomic E-state index is -3.78. The molecule has 26 heavy (non-hydrogen) atoms. The monoisotopic (exact) mass is 374 g/mol. The number of hydrogen-bond donors (Lipinski definition) is 1. The first-order valence-electron chi connectivity index (χ1n) is 8.01. The van der Waals surface area contributed by atoms with Crippen LogP contribution in [-0.2, 0) is 10.0 Å². The SMILES string of the molecule is CCCCOc1ccc(S(=O)(=O)Nc2cc(-n3cncn3)ncn2)cc1. The van der Waals surface area contributed by atoms with Gasteiger partial charge in [-0.15, -0.1) is 0 Å². The van der Waals surface area contributed by atoms with Crippen molar-refractivity contribution in [1.82, 2.24) is 24.7 Å². The maximum atomic E-state index is 12.5. The summed E-state index contributed by atoms with van der Waals surface area (Å²) in [7, 11) is -3.78. The van der Waals surface area contributed by atoms with Crippen LogP contribution >= 0.6 is 0 Å². The Morgan fingerprint density at radius 2 is 1.96 bits per heavy atom. The first-order valence-corrected chi connectivity index (χ1v) is 9.49. The quantitative estimate of drug-likeness (QED) is 0.600. The van der Waals surface area contributed by atoms with E-state index in [1.165, 1.54) is 41.9 Å². The molecule has 0 fully saturated rings. The molecule has 136 valence electrons. The minimum absolute atomic E-state index is 0.112. The molecule has 10 heteroatoms. The molecule has 0 saturated carbocycles. The number of aromatic nitrogens is 5. The number of sulfonamides is 1. The Hall–Kier alpha value is -3.01. The summed E-state index contributed by atoms with van der Waals surface area (Å²) in [5.41, 5.74) is 0. The second kappa shape index (κ2) is 7.91. The topological polar surface area (TPSA) is 112 Å². The third-order valence-corrected chi connectivity index (χ3v) is 4.82. The Kier molecular flexibility index (Phi) is 5.42. The Labute approximate surface area is 151 Å². The Morgan fingerprint density at radius 1 is 1.15 bits per heavy atom. The highest BCUT2D eigenvalue weighted by molar-refractivity contribution is 7.92. The van der Waals surface area contributed by atoms with Crippen LogP contribution < -0.4 is 9.46 Å². The molecule has 2 aromatic heterocycles. The first kappa shape index (κ1) is 17.8. The molecule has 0 spiro atoms. The van der Waals surface area contributed by atoms with Gasteiger partial charge in [-0.1, -0.05) is 13.3 Å². The van der Waals surface area contributed by atoms with Crippen LogP contribution in [-0.4, -0.2) is 39.8 Å². The molecule has 0 atom stereocenters. The second-order valence-electron chi connectivity index (χ2n) is 5.38. The molecule has 0 aliphatic carbocycles. The number of anilines is 1. The van der Waals surface area contributed by atoms with Gasteiger partial charge in [0.1, 0.15) is 30.5 Å². The van der Waals surface area contributed by atoms with E-state index >= 15 is 0 Å². The van der Waals surface area contributed by atoms with Crippen molar-refractivity contribution in [2.75, 3.05) is 11.3 Å². The summed E-state index contributed by atoms with van der Waals surface area (Å²) in [4.78, 5) is 11.9. The van der Waals surface area contributed by atoms with E-state index in [1.807, 2.05) is 0 Å². The van der Waals surface area contributed by atoms with Gasteiger partial charge in [0.2, 0.25) is 0 Å². The molecule has 1 aromatic carbocycles. The van der Waals surface area contributed by atoms with Crippen molar-refractivity contribution in [3.8, 4) is 11.6 Å². The van der Waals surface area contributed by atoms with Gasteiger partial charge in [0, 0.05) is 6.07 Å². The molecule has 9 nitrogen and oxygen atoms in total. The number of rotatable bonds is 8. The lowest BCUT2D eigenvalue weighted by Gasteiger charge is -2.09. The van der Waals surface area contributed by atoms with Gasteiger partial charge in [0.25, 0.3) is 10.0 Å². The molecule has 0 aliphatic heterocycles. The van der Waals surface area contributed by atoms with Crippen molar-refractivity contribution < 1.29 is 13.2 Å². The summed E-state index contributed by atoms with van der Waals surface area (Å²) in [5, 5.41) is 3.95. The van der Waals surface area contributed by atoms with Crippen LogP contribution in [0, 0.1) is 0 Å². The third-order valence-electron chi connectivity index (χ3n) is 3.45. The van der Waals surface area contributed by atoms with Crippen molar-refractivity contribution in [3.05, 3.63) is 49.3 Å². The van der Waals surface area contributed by atoms with Crippen molar-refractivity contribution >= 4 is 15.8 Å². The fraction of sp³-hybridized carbons (Fsp3) is 0.250. The van der Waals surface area contributed by atoms with Crippen molar-refractivity contribution in [3.63, 3.8) is 0 Å². The molecule has 0 aliphatic rings. The van der Waals surface area contributed by atoms with Crippen molar-refractivity contribution in [1.29, 1.82) is 0 Å². The summed E-state index contributed by atoms with van der Waals surface area (Å²) in [6.45, 7) is 2.68. The number of nitrogens with one attached hydrogen (secondary N) is 1. The van der Waals surface area contributed by atoms with Gasteiger partial charge in [0.05, 0.1) is 11.5 Å². The van der Waals surface area contributed by atoms with Gasteiger partial charge in [-0.2, -0.15) is 5.10 Å². The predicted octanol–water partition coefficient (Wildman–Crippen LogP) is 2.04. The average molecular weight is 374 g/mol. The van der Waals surface area contributed by atoms with E-state index < -0.39 is 10.0 Å². The lowest BCUT2D eigenvalue weighted by Crippen LogP contribution is -2.14. The van der Waals surface area contributed by atoms with Gasteiger partial charge >= 0.3 is 0 Å². The molecule has 0 saturated heterocycles. The zero-order chi connectivity index (χ0) is 18.4. The van der Waals surface area contributed by atoms with Gasteiger partial charge < -0.3 is 4.74 Å². The van der Waals surface area contributed by atoms with E-state index in [0.717, 1.165) is 12.8 Å². The highest BCUT2D eigenvalue weighted by Gasteiger charge is 2.15. The number of ether oxygens (including phenoxy) is 1. The molecular weight excluding hydrogens is 356 g/mol. The number of benzene rings is 1. The van der Waals surface area contributed by atoms with E-state index in [4.69, 9.17) is 4.74 Å². The lowest BCUT2D eigenvalue weighted by atomic mass is 10.3. The van der Waals surface area contributed by atoms with Crippen LogP contribution in [0.15, 0.2) is 54.2 Å². The van der Waals surface area contributed by atoms with Gasteiger partial charge in [-0.25, -0.2) is 28.1 Å². The molecule has 3 aromatic rings. The molecule has 2 heterocycles. The molecule has 0 radical (unpaired) electrons. The average Bonchev–Trinajstić information content (AvgIpc) is 3.17. The van der Waals surface area contributed by atoms with E-state index in [0.29, 0.717) is 18.2 Å². The van der Waals surface area contributed by atoms with E-state index in [-0.39, 0.29) is 10.7 Å². The van der Waals surface area contributed by atoms with E-state index in [9.17, 15) is 8.42 Å². The van der Waals surface area contributed by atoms with Gasteiger partial charge in [-0.3, -0.25) is 4.72 Å². The zero-order valence-electron chi connectivity index (χ0n) is 14.1. The predicted molar refractivity (Wildman–Crippen MR) is 94.6 cm³/mol. The maximum Gasteiger partial charge on any atom is 0.263 e. The van der Waals surface area contributed by atoms with Crippen molar-refractivity contribution in [2.45, 2.75) is 24.7 Å². The Bertz CT molecular complexity index is 942. The normalized spacial score (nSPS) is 11.3. The first-order chi connectivity index (χ1) is 12.6. The summed E-state index contributed by atoms with van der Waals surface area (Å²) >= 11 is 0. The van der Waals surface area contributed by atoms with Crippen LogP contribution in [0.3, 0.4) is 0 Å². The van der Waals surface area contributed by atoms with E-state index in [1.54, 1.807) is 12.1 Å². The zero-order valence-corrected chi connectivity index (χ0v) is 14.9. The van der Waals surface area contributed by atoms with Crippen molar-refractivity contribution in [2.24, 2.45) is 0 Å². The van der Waals surface area contributed by atoms with Crippen LogP contribution in [0.4, 0.5) is 5.82 Å². The highest BCUT2D eigenvalue weighted by Crippen LogP contribution is 2.19. The summed E-state index contributed by atoms with van der Waals surface area (Å²) < 4.78 is 34.4. The maximum absolute atomic E-state index is 12.5. The molecule has 1 N–H and O–H groups in total. The Balaban J connectivity index is 1.73. The number of hydrogen-bond acceptors (Lipinski definition) is 7. The summed E-state index contributed by atoms with van der Waals surface area (Å²) in [5.74, 6) is 1.16. The fourth-order valence-electron chi connectivity index (χ4n) is 2.10. The van der Waals surface area contributed by atoms with Gasteiger partial charge in [-0.05, 0) is 30.7 Å². The van der Waals surface area contributed by atoms with Crippen LogP contribution in [0.2, 0.25) is 0 Å². The number of unbranched alkanes of at least 4 members (excludes halogenated alkanes) is 1. The fourth-order valence-corrected chi connectivity index (χ4v) is 3.10. The van der Waals surface area contributed by atoms with Gasteiger partial charge in [0.15, 0.2) is 5.82 Å². The molecule has 3 rings (SSSR count). The molecular formula is C16H18N6O3S. The summed E-state index contributed by atoms with van der Waals surface area (Å²) in [6, 6.07) is 7.71. The minimum Gasteiger partial charge on any atom is -0.494 e. The molecule has 0 bridgehead atoms.